The van der Waals surface area contributed by atoms with Gasteiger partial charge in [0.05, 0.1) is 12.7 Å². The minimum absolute atomic E-state index is 0.0753. The number of carbonyl (C=O) groups excluding carboxylic acids is 2. The van der Waals surface area contributed by atoms with Crippen molar-refractivity contribution in [2.24, 2.45) is 0 Å². The second kappa shape index (κ2) is 11.6. The molecule has 2 aromatic rings. The zero-order valence-electron chi connectivity index (χ0n) is 20.1. The number of benzene rings is 2. The zero-order chi connectivity index (χ0) is 23.8. The van der Waals surface area contributed by atoms with Crippen molar-refractivity contribution in [2.45, 2.75) is 59.0 Å². The molecule has 5 heteroatoms. The number of hydrogen-bond donors (Lipinski definition) is 0. The first kappa shape index (κ1) is 25.3. The third-order valence-electron chi connectivity index (χ3n) is 5.56. The third-order valence-corrected chi connectivity index (χ3v) is 5.56. The fraction of sp³-hybridized carbons (Fsp3) is 0.407. The zero-order valence-corrected chi connectivity index (χ0v) is 20.1. The smallest absolute Gasteiger partial charge is 0.338 e. The Morgan fingerprint density at radius 1 is 1.00 bits per heavy atom. The summed E-state index contributed by atoms with van der Waals surface area (Å²) in [5.74, 6) is -0.564. The summed E-state index contributed by atoms with van der Waals surface area (Å²) in [4.78, 5) is 27.0. The summed E-state index contributed by atoms with van der Waals surface area (Å²) in [6.07, 6.45) is 0.794. The molecule has 0 heterocycles. The van der Waals surface area contributed by atoms with Crippen molar-refractivity contribution in [1.29, 1.82) is 0 Å². The van der Waals surface area contributed by atoms with Gasteiger partial charge in [0.1, 0.15) is 5.75 Å². The lowest BCUT2D eigenvalue weighted by atomic mass is 9.86. The van der Waals surface area contributed by atoms with Gasteiger partial charge >= 0.3 is 11.9 Å². The number of methoxy groups -OCH3 is 1. The van der Waals surface area contributed by atoms with Crippen LogP contribution in [-0.2, 0) is 9.53 Å². The quantitative estimate of drug-likeness (QED) is 0.275. The van der Waals surface area contributed by atoms with E-state index in [-0.39, 0.29) is 5.92 Å². The maximum Gasteiger partial charge on any atom is 0.338 e. The summed E-state index contributed by atoms with van der Waals surface area (Å²) in [6, 6.07) is 15.9. The normalized spacial score (nSPS) is 12.2. The van der Waals surface area contributed by atoms with Crippen LogP contribution in [0.3, 0.4) is 0 Å². The van der Waals surface area contributed by atoms with Gasteiger partial charge in [-0.2, -0.15) is 0 Å². The fourth-order valence-corrected chi connectivity index (χ4v) is 3.92. The monoisotopic (exact) mass is 437 g/mol. The molecule has 0 aliphatic carbocycles. The van der Waals surface area contributed by atoms with Gasteiger partial charge in [0, 0.05) is 29.1 Å². The van der Waals surface area contributed by atoms with Crippen molar-refractivity contribution >= 4 is 11.9 Å². The minimum Gasteiger partial charge on any atom is -0.465 e. The van der Waals surface area contributed by atoms with Crippen LogP contribution < -0.4 is 4.74 Å². The van der Waals surface area contributed by atoms with Crippen molar-refractivity contribution in [2.75, 3.05) is 13.7 Å². The molecule has 2 rings (SSSR count). The Morgan fingerprint density at radius 3 is 2.16 bits per heavy atom. The van der Waals surface area contributed by atoms with Gasteiger partial charge in [-0.25, -0.2) is 9.59 Å². The highest BCUT2D eigenvalue weighted by Crippen LogP contribution is 2.36. The Morgan fingerprint density at radius 2 is 1.62 bits per heavy atom. The van der Waals surface area contributed by atoms with Crippen LogP contribution in [0, 0.1) is 0 Å². The molecule has 0 fully saturated rings. The van der Waals surface area contributed by atoms with Crippen molar-refractivity contribution < 1.29 is 19.1 Å². The Hall–Kier alpha value is -2.92. The minimum atomic E-state index is -0.491. The number of carbonyl (C=O) groups is 2. The topological polar surface area (TPSA) is 55.8 Å². The Balaban J connectivity index is 2.57. The molecule has 0 spiro atoms. The lowest BCUT2D eigenvalue weighted by Gasteiger charge is -2.32. The van der Waals surface area contributed by atoms with Gasteiger partial charge in [-0.1, -0.05) is 36.9 Å². The highest BCUT2D eigenvalue weighted by Gasteiger charge is 2.24. The fourth-order valence-electron chi connectivity index (χ4n) is 3.92. The van der Waals surface area contributed by atoms with Crippen LogP contribution in [-0.4, -0.2) is 42.6 Å². The molecule has 0 amide bonds. The average molecular weight is 438 g/mol. The van der Waals surface area contributed by atoms with Crippen LogP contribution in [0.2, 0.25) is 0 Å². The molecule has 0 aliphatic rings. The van der Waals surface area contributed by atoms with E-state index < -0.39 is 11.9 Å². The predicted molar refractivity (Wildman–Crippen MR) is 128 cm³/mol. The van der Waals surface area contributed by atoms with E-state index >= 15 is 0 Å². The molecule has 0 saturated heterocycles. The van der Waals surface area contributed by atoms with Gasteiger partial charge < -0.3 is 9.47 Å². The third kappa shape index (κ3) is 6.54. The van der Waals surface area contributed by atoms with E-state index in [1.54, 1.807) is 25.1 Å². The van der Waals surface area contributed by atoms with Crippen LogP contribution in [0.4, 0.5) is 0 Å². The van der Waals surface area contributed by atoms with Gasteiger partial charge in [-0.05, 0) is 71.3 Å². The molecule has 172 valence electrons. The number of esters is 2. The van der Waals surface area contributed by atoms with Crippen molar-refractivity contribution in [1.82, 2.24) is 4.90 Å². The maximum atomic E-state index is 12.3. The van der Waals surface area contributed by atoms with E-state index in [2.05, 4.69) is 51.3 Å². The molecule has 0 aromatic heterocycles. The molecule has 5 nitrogen and oxygen atoms in total. The highest BCUT2D eigenvalue weighted by atomic mass is 16.5. The summed E-state index contributed by atoms with van der Waals surface area (Å²) in [5.41, 5.74) is 2.61. The SMILES string of the molecule is C=C(C)C(=O)Oc1ccc(C(=O)OC)cc1C(CCN(C(C)C)C(C)C)c1ccccc1. The van der Waals surface area contributed by atoms with E-state index in [1.807, 2.05) is 18.2 Å². The van der Waals surface area contributed by atoms with E-state index in [4.69, 9.17) is 9.47 Å². The second-order valence-corrected chi connectivity index (χ2v) is 8.59. The number of hydrogen-bond acceptors (Lipinski definition) is 5. The molecule has 1 atom stereocenters. The second-order valence-electron chi connectivity index (χ2n) is 8.59. The van der Waals surface area contributed by atoms with Crippen molar-refractivity contribution in [3.8, 4) is 5.75 Å². The van der Waals surface area contributed by atoms with Gasteiger partial charge in [-0.15, -0.1) is 0 Å². The Kier molecular flexibility index (Phi) is 9.21. The van der Waals surface area contributed by atoms with Crippen molar-refractivity contribution in [3.63, 3.8) is 0 Å². The first-order valence-electron chi connectivity index (χ1n) is 11.1. The van der Waals surface area contributed by atoms with Crippen LogP contribution in [0.25, 0.3) is 0 Å². The largest absolute Gasteiger partial charge is 0.465 e. The molecule has 1 unspecified atom stereocenters. The van der Waals surface area contributed by atoms with Crippen LogP contribution in [0.1, 0.15) is 68.4 Å². The van der Waals surface area contributed by atoms with E-state index in [0.717, 1.165) is 24.1 Å². The van der Waals surface area contributed by atoms with Gasteiger partial charge in [0.25, 0.3) is 0 Å². The molecule has 0 N–H and O–H groups in total. The Labute approximate surface area is 192 Å². The molecule has 0 saturated carbocycles. The highest BCUT2D eigenvalue weighted by molar-refractivity contribution is 5.91. The standard InChI is InChI=1S/C27H35NO4/c1-18(2)26(29)32-25-14-13-22(27(30)31-7)17-24(25)23(21-11-9-8-10-12-21)15-16-28(19(3)4)20(5)6/h8-14,17,19-20,23H,1,15-16H2,2-7H3. The molecule has 2 aromatic carbocycles. The molecule has 0 bridgehead atoms. The molecule has 0 aliphatic heterocycles. The number of rotatable bonds is 10. The Bertz CT molecular complexity index is 926. The lowest BCUT2D eigenvalue weighted by Crippen LogP contribution is -2.38. The molecular formula is C27H35NO4. The first-order chi connectivity index (χ1) is 15.1. The predicted octanol–water partition coefficient (Wildman–Crippen LogP) is 5.60. The average Bonchev–Trinajstić information content (AvgIpc) is 2.76. The van der Waals surface area contributed by atoms with Gasteiger partial charge in [0.2, 0.25) is 0 Å². The molecule has 0 radical (unpaired) electrons. The maximum absolute atomic E-state index is 12.3. The summed E-state index contributed by atoms with van der Waals surface area (Å²) in [5, 5.41) is 0. The van der Waals surface area contributed by atoms with Crippen LogP contribution >= 0.6 is 0 Å². The number of nitrogens with zero attached hydrogens (tertiary/aromatic N) is 1. The summed E-state index contributed by atoms with van der Waals surface area (Å²) >= 11 is 0. The summed E-state index contributed by atoms with van der Waals surface area (Å²) in [6.45, 7) is 14.9. The van der Waals surface area contributed by atoms with Crippen LogP contribution in [0.5, 0.6) is 5.75 Å². The molecule has 32 heavy (non-hydrogen) atoms. The van der Waals surface area contributed by atoms with E-state index in [9.17, 15) is 9.59 Å². The van der Waals surface area contributed by atoms with E-state index in [1.165, 1.54) is 7.11 Å². The first-order valence-corrected chi connectivity index (χ1v) is 11.1. The van der Waals surface area contributed by atoms with Crippen LogP contribution in [0.15, 0.2) is 60.7 Å². The summed E-state index contributed by atoms with van der Waals surface area (Å²) < 4.78 is 10.6. The lowest BCUT2D eigenvalue weighted by molar-refractivity contribution is -0.130. The van der Waals surface area contributed by atoms with E-state index in [0.29, 0.717) is 29.0 Å². The van der Waals surface area contributed by atoms with Gasteiger partial charge in [0.15, 0.2) is 0 Å². The van der Waals surface area contributed by atoms with Crippen molar-refractivity contribution in [3.05, 3.63) is 77.4 Å². The number of ether oxygens (including phenoxy) is 2. The molecular weight excluding hydrogens is 402 g/mol. The van der Waals surface area contributed by atoms with Gasteiger partial charge in [-0.3, -0.25) is 4.90 Å². The summed E-state index contributed by atoms with van der Waals surface area (Å²) in [7, 11) is 1.36.